The van der Waals surface area contributed by atoms with Crippen molar-refractivity contribution < 1.29 is 14.6 Å². The van der Waals surface area contributed by atoms with Crippen LogP contribution in [0.25, 0.3) is 0 Å². The summed E-state index contributed by atoms with van der Waals surface area (Å²) in [6.45, 7) is 1.17. The van der Waals surface area contributed by atoms with Gasteiger partial charge in [-0.05, 0) is 37.1 Å². The minimum atomic E-state index is -0.198. The molecular formula is C12H15NO3. The second kappa shape index (κ2) is 3.96. The van der Waals surface area contributed by atoms with Crippen molar-refractivity contribution in [1.29, 1.82) is 0 Å². The van der Waals surface area contributed by atoms with Gasteiger partial charge in [-0.25, -0.2) is 0 Å². The number of nitrogens with one attached hydrogen (secondary N) is 1. The Morgan fingerprint density at radius 2 is 2.12 bits per heavy atom. The molecule has 1 saturated heterocycles. The molecule has 3 rings (SSSR count). The lowest BCUT2D eigenvalue weighted by Gasteiger charge is -2.27. The fourth-order valence-electron chi connectivity index (χ4n) is 2.28. The monoisotopic (exact) mass is 221 g/mol. The van der Waals surface area contributed by atoms with E-state index in [9.17, 15) is 5.11 Å². The second-order valence-electron chi connectivity index (χ2n) is 4.30. The Morgan fingerprint density at radius 1 is 1.25 bits per heavy atom. The Bertz CT molecular complexity index is 394. The van der Waals surface area contributed by atoms with Crippen molar-refractivity contribution >= 4 is 0 Å². The molecule has 2 aliphatic rings. The highest BCUT2D eigenvalue weighted by molar-refractivity contribution is 5.45. The van der Waals surface area contributed by atoms with E-state index in [1.54, 1.807) is 0 Å². The minimum Gasteiger partial charge on any atom is -0.454 e. The molecule has 86 valence electrons. The first-order valence-corrected chi connectivity index (χ1v) is 5.64. The van der Waals surface area contributed by atoms with E-state index >= 15 is 0 Å². The fourth-order valence-corrected chi connectivity index (χ4v) is 2.28. The third-order valence-corrected chi connectivity index (χ3v) is 3.18. The van der Waals surface area contributed by atoms with Crippen LogP contribution in [0.1, 0.15) is 24.4 Å². The minimum absolute atomic E-state index is 0.198. The zero-order valence-electron chi connectivity index (χ0n) is 8.98. The van der Waals surface area contributed by atoms with E-state index in [0.717, 1.165) is 36.4 Å². The number of hydrogen-bond donors (Lipinski definition) is 2. The Labute approximate surface area is 94.2 Å². The Morgan fingerprint density at radius 3 is 3.00 bits per heavy atom. The highest BCUT2D eigenvalue weighted by Crippen LogP contribution is 2.35. The molecule has 16 heavy (non-hydrogen) atoms. The number of ether oxygens (including phenoxy) is 2. The van der Waals surface area contributed by atoms with E-state index in [0.29, 0.717) is 6.79 Å². The SMILES string of the molecule is OC1CCNC(c2ccc3c(c2)OCO3)C1. The van der Waals surface area contributed by atoms with E-state index in [1.807, 2.05) is 18.2 Å². The number of fused-ring (bicyclic) bond motifs is 1. The molecule has 0 aromatic heterocycles. The van der Waals surface area contributed by atoms with Crippen molar-refractivity contribution in [3.05, 3.63) is 23.8 Å². The predicted molar refractivity (Wildman–Crippen MR) is 58.5 cm³/mol. The maximum absolute atomic E-state index is 9.64. The Balaban J connectivity index is 1.83. The molecule has 1 fully saturated rings. The standard InChI is InChI=1S/C12H15NO3/c14-9-3-4-13-10(6-9)8-1-2-11-12(5-8)16-7-15-11/h1-2,5,9-10,13-14H,3-4,6-7H2. The van der Waals surface area contributed by atoms with Crippen molar-refractivity contribution in [2.45, 2.75) is 25.0 Å². The van der Waals surface area contributed by atoms with Crippen LogP contribution in [0.3, 0.4) is 0 Å². The van der Waals surface area contributed by atoms with Crippen LogP contribution in [-0.2, 0) is 0 Å². The number of aliphatic hydroxyl groups is 1. The van der Waals surface area contributed by atoms with Crippen LogP contribution < -0.4 is 14.8 Å². The normalized spacial score (nSPS) is 28.1. The summed E-state index contributed by atoms with van der Waals surface area (Å²) < 4.78 is 10.6. The lowest BCUT2D eigenvalue weighted by Crippen LogP contribution is -2.34. The Hall–Kier alpha value is -1.26. The summed E-state index contributed by atoms with van der Waals surface area (Å²) in [7, 11) is 0. The summed E-state index contributed by atoms with van der Waals surface area (Å²) in [5.41, 5.74) is 1.16. The van der Waals surface area contributed by atoms with Gasteiger partial charge >= 0.3 is 0 Å². The zero-order valence-corrected chi connectivity index (χ0v) is 8.98. The molecule has 0 amide bonds. The van der Waals surface area contributed by atoms with Gasteiger partial charge in [0, 0.05) is 6.04 Å². The summed E-state index contributed by atoms with van der Waals surface area (Å²) in [6, 6.07) is 6.18. The van der Waals surface area contributed by atoms with Gasteiger partial charge in [0.2, 0.25) is 6.79 Å². The molecule has 2 heterocycles. The molecule has 2 unspecified atom stereocenters. The van der Waals surface area contributed by atoms with Gasteiger partial charge in [0.25, 0.3) is 0 Å². The van der Waals surface area contributed by atoms with Gasteiger partial charge in [-0.15, -0.1) is 0 Å². The highest BCUT2D eigenvalue weighted by Gasteiger charge is 2.23. The van der Waals surface area contributed by atoms with Crippen LogP contribution in [0.15, 0.2) is 18.2 Å². The van der Waals surface area contributed by atoms with Gasteiger partial charge in [-0.1, -0.05) is 6.07 Å². The van der Waals surface area contributed by atoms with E-state index in [-0.39, 0.29) is 12.1 Å². The summed E-state index contributed by atoms with van der Waals surface area (Å²) in [6.07, 6.45) is 1.40. The number of piperidine rings is 1. The molecule has 0 aliphatic carbocycles. The van der Waals surface area contributed by atoms with Crippen molar-refractivity contribution in [1.82, 2.24) is 5.32 Å². The van der Waals surface area contributed by atoms with Crippen LogP contribution in [0.4, 0.5) is 0 Å². The molecule has 1 aromatic rings. The summed E-state index contributed by atoms with van der Waals surface area (Å²) in [5.74, 6) is 1.61. The van der Waals surface area contributed by atoms with Crippen LogP contribution in [0, 0.1) is 0 Å². The zero-order chi connectivity index (χ0) is 11.0. The summed E-state index contributed by atoms with van der Waals surface area (Å²) in [5, 5.41) is 13.0. The lowest BCUT2D eigenvalue weighted by molar-refractivity contribution is 0.116. The van der Waals surface area contributed by atoms with Gasteiger partial charge in [0.1, 0.15) is 0 Å². The first kappa shape index (κ1) is 9.93. The molecule has 0 bridgehead atoms. The molecule has 0 radical (unpaired) electrons. The third-order valence-electron chi connectivity index (χ3n) is 3.18. The number of benzene rings is 1. The molecule has 2 atom stereocenters. The Kier molecular flexibility index (Phi) is 2.46. The second-order valence-corrected chi connectivity index (χ2v) is 4.30. The van der Waals surface area contributed by atoms with Gasteiger partial charge in [-0.2, -0.15) is 0 Å². The smallest absolute Gasteiger partial charge is 0.231 e. The van der Waals surface area contributed by atoms with Crippen molar-refractivity contribution in [3.63, 3.8) is 0 Å². The van der Waals surface area contributed by atoms with Crippen LogP contribution in [-0.4, -0.2) is 24.5 Å². The maximum Gasteiger partial charge on any atom is 0.231 e. The third kappa shape index (κ3) is 1.74. The average molecular weight is 221 g/mol. The largest absolute Gasteiger partial charge is 0.454 e. The molecule has 4 nitrogen and oxygen atoms in total. The maximum atomic E-state index is 9.64. The number of hydrogen-bond acceptors (Lipinski definition) is 4. The summed E-state index contributed by atoms with van der Waals surface area (Å²) >= 11 is 0. The first-order chi connectivity index (χ1) is 7.83. The predicted octanol–water partition coefficient (Wildman–Crippen LogP) is 1.20. The summed E-state index contributed by atoms with van der Waals surface area (Å²) in [4.78, 5) is 0. The van der Waals surface area contributed by atoms with Crippen LogP contribution >= 0.6 is 0 Å². The molecule has 4 heteroatoms. The lowest BCUT2D eigenvalue weighted by atomic mass is 9.95. The van der Waals surface area contributed by atoms with E-state index < -0.39 is 0 Å². The number of rotatable bonds is 1. The molecule has 0 saturated carbocycles. The topological polar surface area (TPSA) is 50.7 Å². The highest BCUT2D eigenvalue weighted by atomic mass is 16.7. The quantitative estimate of drug-likeness (QED) is 0.748. The fraction of sp³-hybridized carbons (Fsp3) is 0.500. The molecule has 1 aromatic carbocycles. The van der Waals surface area contributed by atoms with Gasteiger partial charge in [0.15, 0.2) is 11.5 Å². The van der Waals surface area contributed by atoms with E-state index in [2.05, 4.69) is 5.32 Å². The van der Waals surface area contributed by atoms with Crippen molar-refractivity contribution in [2.75, 3.05) is 13.3 Å². The molecule has 2 N–H and O–H groups in total. The molecular weight excluding hydrogens is 206 g/mol. The van der Waals surface area contributed by atoms with Gasteiger partial charge < -0.3 is 19.9 Å². The van der Waals surface area contributed by atoms with Gasteiger partial charge in [0.05, 0.1) is 6.10 Å². The van der Waals surface area contributed by atoms with Crippen LogP contribution in [0.5, 0.6) is 11.5 Å². The van der Waals surface area contributed by atoms with E-state index in [1.165, 1.54) is 0 Å². The molecule has 0 spiro atoms. The van der Waals surface area contributed by atoms with Gasteiger partial charge in [-0.3, -0.25) is 0 Å². The first-order valence-electron chi connectivity index (χ1n) is 5.64. The van der Waals surface area contributed by atoms with Crippen molar-refractivity contribution in [3.8, 4) is 11.5 Å². The van der Waals surface area contributed by atoms with Crippen LogP contribution in [0.2, 0.25) is 0 Å². The van der Waals surface area contributed by atoms with E-state index in [4.69, 9.17) is 9.47 Å². The van der Waals surface area contributed by atoms with Crippen molar-refractivity contribution in [2.24, 2.45) is 0 Å². The molecule has 2 aliphatic heterocycles. The number of aliphatic hydroxyl groups excluding tert-OH is 1. The average Bonchev–Trinajstić information content (AvgIpc) is 2.75.